The molecule has 0 atom stereocenters. The van der Waals surface area contributed by atoms with Crippen LogP contribution >= 0.6 is 0 Å². The maximum Gasteiger partial charge on any atom is 0.315 e. The van der Waals surface area contributed by atoms with Gasteiger partial charge in [0, 0.05) is 12.6 Å². The van der Waals surface area contributed by atoms with E-state index >= 15 is 0 Å². The molecule has 0 aromatic carbocycles. The minimum absolute atomic E-state index is 0.159. The highest BCUT2D eigenvalue weighted by Gasteiger charge is 2.41. The molecule has 3 N–H and O–H groups in total. The molecule has 2 rings (SSSR count). The molecule has 1 aromatic rings. The number of aliphatic carboxylic acids is 1. The topological polar surface area (TPSA) is 104 Å². The Bertz CT molecular complexity index is 492. The maximum atomic E-state index is 11.7. The van der Waals surface area contributed by atoms with Gasteiger partial charge in [0.15, 0.2) is 0 Å². The molecule has 0 spiro atoms. The fourth-order valence-corrected chi connectivity index (χ4v) is 2.50. The second-order valence-electron chi connectivity index (χ2n) is 5.26. The summed E-state index contributed by atoms with van der Waals surface area (Å²) >= 11 is 0. The lowest BCUT2D eigenvalue weighted by Crippen LogP contribution is -2.44. The third-order valence-electron chi connectivity index (χ3n) is 3.71. The van der Waals surface area contributed by atoms with Gasteiger partial charge in [-0.25, -0.2) is 4.79 Å². The van der Waals surface area contributed by atoms with Crippen LogP contribution in [0, 0.1) is 12.3 Å². The van der Waals surface area contributed by atoms with E-state index in [1.165, 1.54) is 0 Å². The summed E-state index contributed by atoms with van der Waals surface area (Å²) in [6, 6.07) is 1.34. The number of aromatic nitrogens is 1. The molecule has 2 amide bonds. The zero-order valence-corrected chi connectivity index (χ0v) is 11.4. The summed E-state index contributed by atoms with van der Waals surface area (Å²) < 4.78 is 4.89. The first-order valence-corrected chi connectivity index (χ1v) is 6.69. The summed E-state index contributed by atoms with van der Waals surface area (Å²) in [4.78, 5) is 23.0. The number of hydrogen-bond acceptors (Lipinski definition) is 4. The number of carboxylic acids is 1. The molecule has 7 nitrogen and oxygen atoms in total. The van der Waals surface area contributed by atoms with E-state index in [1.54, 1.807) is 13.0 Å². The van der Waals surface area contributed by atoms with Gasteiger partial charge >= 0.3 is 12.0 Å². The first-order chi connectivity index (χ1) is 9.52. The van der Waals surface area contributed by atoms with Crippen molar-refractivity contribution in [1.29, 1.82) is 0 Å². The largest absolute Gasteiger partial charge is 0.481 e. The summed E-state index contributed by atoms with van der Waals surface area (Å²) in [6.45, 7) is 2.18. The molecule has 1 aliphatic rings. The number of rotatable bonds is 5. The van der Waals surface area contributed by atoms with Gasteiger partial charge in [-0.15, -0.1) is 0 Å². The molecule has 1 heterocycles. The summed E-state index contributed by atoms with van der Waals surface area (Å²) in [5.74, 6) is -0.152. The highest BCUT2D eigenvalue weighted by atomic mass is 16.5. The van der Waals surface area contributed by atoms with Gasteiger partial charge in [0.05, 0.1) is 12.0 Å². The molecule has 0 radical (unpaired) electrons. The Hall–Kier alpha value is -2.05. The van der Waals surface area contributed by atoms with Crippen molar-refractivity contribution in [3.63, 3.8) is 0 Å². The van der Waals surface area contributed by atoms with Crippen molar-refractivity contribution < 1.29 is 19.2 Å². The zero-order valence-electron chi connectivity index (χ0n) is 11.4. The molecule has 0 bridgehead atoms. The highest BCUT2D eigenvalue weighted by Crippen LogP contribution is 2.37. The summed E-state index contributed by atoms with van der Waals surface area (Å²) in [5, 5.41) is 18.3. The van der Waals surface area contributed by atoms with Crippen molar-refractivity contribution in [3.05, 3.63) is 17.5 Å². The number of amides is 2. The van der Waals surface area contributed by atoms with E-state index in [2.05, 4.69) is 15.8 Å². The molecular weight excluding hydrogens is 262 g/mol. The lowest BCUT2D eigenvalue weighted by Gasteiger charge is -2.23. The number of carboxylic acid groups (broad SMARTS) is 1. The van der Waals surface area contributed by atoms with Crippen molar-refractivity contribution in [1.82, 2.24) is 15.8 Å². The van der Waals surface area contributed by atoms with Crippen molar-refractivity contribution >= 4 is 12.0 Å². The number of carbonyl (C=O) groups is 2. The molecule has 20 heavy (non-hydrogen) atoms. The quantitative estimate of drug-likeness (QED) is 0.757. The second kappa shape index (κ2) is 5.94. The van der Waals surface area contributed by atoms with Crippen LogP contribution in [-0.2, 0) is 11.3 Å². The van der Waals surface area contributed by atoms with Gasteiger partial charge in [0.2, 0.25) is 0 Å². The van der Waals surface area contributed by atoms with Crippen LogP contribution < -0.4 is 10.6 Å². The Morgan fingerprint density at radius 2 is 2.10 bits per heavy atom. The van der Waals surface area contributed by atoms with Crippen molar-refractivity contribution in [2.45, 2.75) is 39.2 Å². The van der Waals surface area contributed by atoms with Crippen LogP contribution in [0.4, 0.5) is 4.79 Å². The van der Waals surface area contributed by atoms with Crippen LogP contribution in [0.1, 0.15) is 37.1 Å². The monoisotopic (exact) mass is 281 g/mol. The molecule has 1 aliphatic carbocycles. The molecule has 1 fully saturated rings. The molecular formula is C13H19N3O4. The van der Waals surface area contributed by atoms with E-state index in [4.69, 9.17) is 4.52 Å². The van der Waals surface area contributed by atoms with Crippen LogP contribution in [0.5, 0.6) is 0 Å². The first kappa shape index (κ1) is 14.4. The normalized spacial score (nSPS) is 16.9. The van der Waals surface area contributed by atoms with Gasteiger partial charge in [0.1, 0.15) is 11.5 Å². The van der Waals surface area contributed by atoms with E-state index < -0.39 is 17.4 Å². The third kappa shape index (κ3) is 3.28. The van der Waals surface area contributed by atoms with E-state index in [0.29, 0.717) is 24.3 Å². The Morgan fingerprint density at radius 3 is 2.65 bits per heavy atom. The number of carbonyl (C=O) groups excluding carboxylic acids is 1. The van der Waals surface area contributed by atoms with Crippen LogP contribution in [-0.4, -0.2) is 28.8 Å². The van der Waals surface area contributed by atoms with Crippen LogP contribution in [0.2, 0.25) is 0 Å². The molecule has 0 saturated heterocycles. The highest BCUT2D eigenvalue weighted by molar-refractivity contribution is 5.78. The number of nitrogens with zero attached hydrogens (tertiary/aromatic N) is 1. The van der Waals surface area contributed by atoms with E-state index in [-0.39, 0.29) is 13.1 Å². The van der Waals surface area contributed by atoms with E-state index in [1.807, 2.05) is 0 Å². The Balaban J connectivity index is 1.78. The lowest BCUT2D eigenvalue weighted by atomic mass is 9.86. The van der Waals surface area contributed by atoms with E-state index in [9.17, 15) is 14.7 Å². The van der Waals surface area contributed by atoms with Crippen LogP contribution in [0.25, 0.3) is 0 Å². The molecule has 1 aromatic heterocycles. The summed E-state index contributed by atoms with van der Waals surface area (Å²) in [6.07, 6.45) is 3.03. The molecule has 110 valence electrons. The van der Waals surface area contributed by atoms with Crippen LogP contribution in [0.15, 0.2) is 10.6 Å². The van der Waals surface area contributed by atoms with Crippen molar-refractivity contribution in [2.24, 2.45) is 5.41 Å². The number of nitrogens with one attached hydrogen (secondary N) is 2. The van der Waals surface area contributed by atoms with Crippen molar-refractivity contribution in [2.75, 3.05) is 6.54 Å². The number of aryl methyl sites for hydroxylation is 1. The number of urea groups is 1. The van der Waals surface area contributed by atoms with Crippen molar-refractivity contribution in [3.8, 4) is 0 Å². The standard InChI is InChI=1S/C13H19N3O4/c1-9-6-10(16-20-9)7-14-12(19)15-8-13(11(17)18)4-2-3-5-13/h6H,2-5,7-8H2,1H3,(H,17,18)(H2,14,15,19). The van der Waals surface area contributed by atoms with Gasteiger partial charge in [0.25, 0.3) is 0 Å². The first-order valence-electron chi connectivity index (χ1n) is 6.69. The minimum Gasteiger partial charge on any atom is -0.481 e. The smallest absolute Gasteiger partial charge is 0.315 e. The average Bonchev–Trinajstić information content (AvgIpc) is 3.03. The lowest BCUT2D eigenvalue weighted by molar-refractivity contribution is -0.148. The predicted octanol–water partition coefficient (Wildman–Crippen LogP) is 1.43. The van der Waals surface area contributed by atoms with Gasteiger partial charge in [-0.1, -0.05) is 18.0 Å². The van der Waals surface area contributed by atoms with Gasteiger partial charge in [-0.3, -0.25) is 4.79 Å². The SMILES string of the molecule is Cc1cc(CNC(=O)NCC2(C(=O)O)CCCC2)no1. The molecule has 0 aliphatic heterocycles. The predicted molar refractivity (Wildman–Crippen MR) is 70.0 cm³/mol. The molecule has 1 saturated carbocycles. The summed E-state index contributed by atoms with van der Waals surface area (Å²) in [5.41, 5.74) is -0.173. The van der Waals surface area contributed by atoms with E-state index in [0.717, 1.165) is 12.8 Å². The van der Waals surface area contributed by atoms with Gasteiger partial charge in [-0.2, -0.15) is 0 Å². The molecule has 7 heteroatoms. The van der Waals surface area contributed by atoms with Gasteiger partial charge < -0.3 is 20.3 Å². The molecule has 0 unspecified atom stereocenters. The minimum atomic E-state index is -0.831. The van der Waals surface area contributed by atoms with Gasteiger partial charge in [-0.05, 0) is 19.8 Å². The Kier molecular flexibility index (Phi) is 4.26. The average molecular weight is 281 g/mol. The maximum absolute atomic E-state index is 11.7. The van der Waals surface area contributed by atoms with Crippen LogP contribution in [0.3, 0.4) is 0 Å². The summed E-state index contributed by atoms with van der Waals surface area (Å²) in [7, 11) is 0. The Morgan fingerprint density at radius 1 is 1.40 bits per heavy atom. The second-order valence-corrected chi connectivity index (χ2v) is 5.26. The number of hydrogen-bond donors (Lipinski definition) is 3. The fourth-order valence-electron chi connectivity index (χ4n) is 2.50. The Labute approximate surface area is 116 Å². The zero-order chi connectivity index (χ0) is 14.6. The fraction of sp³-hybridized carbons (Fsp3) is 0.615. The third-order valence-corrected chi connectivity index (χ3v) is 3.71.